The predicted molar refractivity (Wildman–Crippen MR) is 96.8 cm³/mol. The van der Waals surface area contributed by atoms with Gasteiger partial charge >= 0.3 is 5.97 Å². The molecule has 2 aromatic rings. The molecule has 0 fully saturated rings. The third-order valence-corrected chi connectivity index (χ3v) is 3.17. The summed E-state index contributed by atoms with van der Waals surface area (Å²) in [4.78, 5) is 15.8. The number of benzene rings is 1. The molecule has 0 atom stereocenters. The second kappa shape index (κ2) is 8.37. The summed E-state index contributed by atoms with van der Waals surface area (Å²) in [6.07, 6.45) is 3.13. The predicted octanol–water partition coefficient (Wildman–Crippen LogP) is 4.19. The van der Waals surface area contributed by atoms with Gasteiger partial charge in [-0.3, -0.25) is 4.98 Å². The first-order chi connectivity index (χ1) is 11.9. The fourth-order valence-corrected chi connectivity index (χ4v) is 2.21. The molecule has 0 unspecified atom stereocenters. The highest BCUT2D eigenvalue weighted by Crippen LogP contribution is 2.33. The Morgan fingerprint density at radius 1 is 1.04 bits per heavy atom. The van der Waals surface area contributed by atoms with E-state index in [-0.39, 0.29) is 12.2 Å². The molecule has 1 aromatic heterocycles. The van der Waals surface area contributed by atoms with Gasteiger partial charge in [-0.15, -0.1) is 0 Å². The molecule has 1 aromatic carbocycles. The zero-order chi connectivity index (χ0) is 18.4. The number of nitrogens with zero attached hydrogens (tertiary/aromatic N) is 1. The molecule has 134 valence electrons. The van der Waals surface area contributed by atoms with Crippen LogP contribution < -0.4 is 14.8 Å². The lowest BCUT2D eigenvalue weighted by Gasteiger charge is -2.18. The lowest BCUT2D eigenvalue weighted by atomic mass is 10.2. The lowest BCUT2D eigenvalue weighted by Crippen LogP contribution is -2.11. The van der Waals surface area contributed by atoms with E-state index in [4.69, 9.17) is 14.2 Å². The van der Waals surface area contributed by atoms with Crippen molar-refractivity contribution < 1.29 is 19.0 Å². The highest BCUT2D eigenvalue weighted by Gasteiger charge is 2.14. The van der Waals surface area contributed by atoms with Crippen molar-refractivity contribution in [2.24, 2.45) is 0 Å². The number of carbonyl (C=O) groups excluding carboxylic acids is 1. The third kappa shape index (κ3) is 5.11. The van der Waals surface area contributed by atoms with Gasteiger partial charge in [0.05, 0.1) is 25.0 Å². The Kier molecular flexibility index (Phi) is 6.22. The Balaban J connectivity index is 2.33. The maximum absolute atomic E-state index is 11.9. The van der Waals surface area contributed by atoms with Gasteiger partial charge in [0, 0.05) is 24.1 Å². The largest absolute Gasteiger partial charge is 0.487 e. The van der Waals surface area contributed by atoms with Gasteiger partial charge in [0.15, 0.2) is 11.5 Å². The smallest absolute Gasteiger partial charge is 0.341 e. The fraction of sp³-hybridized carbons (Fsp3) is 0.368. The second-order valence-electron chi connectivity index (χ2n) is 6.03. The van der Waals surface area contributed by atoms with Crippen LogP contribution in [0, 0.1) is 0 Å². The number of hydrogen-bond acceptors (Lipinski definition) is 6. The van der Waals surface area contributed by atoms with Crippen molar-refractivity contribution >= 4 is 17.3 Å². The number of pyridine rings is 1. The number of rotatable bonds is 7. The maximum Gasteiger partial charge on any atom is 0.341 e. The Hall–Kier alpha value is -2.76. The molecule has 0 saturated heterocycles. The maximum atomic E-state index is 11.9. The molecular weight excluding hydrogens is 320 g/mol. The summed E-state index contributed by atoms with van der Waals surface area (Å²) in [5, 5.41) is 3.21. The monoisotopic (exact) mass is 344 g/mol. The zero-order valence-corrected chi connectivity index (χ0v) is 15.2. The lowest BCUT2D eigenvalue weighted by molar-refractivity contribution is 0.0601. The van der Waals surface area contributed by atoms with Gasteiger partial charge in [0.2, 0.25) is 0 Å². The number of esters is 1. The van der Waals surface area contributed by atoms with E-state index in [1.54, 1.807) is 12.3 Å². The summed E-state index contributed by atoms with van der Waals surface area (Å²) < 4.78 is 16.4. The number of methoxy groups -OCH3 is 1. The molecule has 2 rings (SSSR count). The fourth-order valence-electron chi connectivity index (χ4n) is 2.21. The van der Waals surface area contributed by atoms with Crippen LogP contribution in [0.3, 0.4) is 0 Å². The van der Waals surface area contributed by atoms with Crippen LogP contribution in [0.5, 0.6) is 11.5 Å². The zero-order valence-electron chi connectivity index (χ0n) is 15.2. The van der Waals surface area contributed by atoms with E-state index in [2.05, 4.69) is 10.3 Å². The molecule has 0 radical (unpaired) electrons. The minimum absolute atomic E-state index is 0.0105. The van der Waals surface area contributed by atoms with Crippen LogP contribution in [-0.2, 0) is 4.74 Å². The topological polar surface area (TPSA) is 69.7 Å². The molecule has 0 aliphatic heterocycles. The Morgan fingerprint density at radius 2 is 1.72 bits per heavy atom. The number of anilines is 2. The highest BCUT2D eigenvalue weighted by molar-refractivity contribution is 5.96. The average Bonchev–Trinajstić information content (AvgIpc) is 2.56. The van der Waals surface area contributed by atoms with Crippen LogP contribution in [0.15, 0.2) is 36.7 Å². The normalized spacial score (nSPS) is 10.7. The standard InChI is InChI=1S/C19H24N2O4/c1-12(2)24-17-7-6-14(10-18(17)25-13(3)4)21-16-8-9-20-11-15(16)19(22)23-5/h6-13H,1-5H3,(H,20,21). The van der Waals surface area contributed by atoms with E-state index in [9.17, 15) is 4.79 Å². The second-order valence-corrected chi connectivity index (χ2v) is 6.03. The van der Waals surface area contributed by atoms with Crippen LogP contribution in [0.25, 0.3) is 0 Å². The molecule has 1 heterocycles. The first-order valence-electron chi connectivity index (χ1n) is 8.17. The van der Waals surface area contributed by atoms with E-state index in [1.165, 1.54) is 13.3 Å². The van der Waals surface area contributed by atoms with E-state index >= 15 is 0 Å². The minimum atomic E-state index is -0.450. The van der Waals surface area contributed by atoms with Crippen molar-refractivity contribution in [2.75, 3.05) is 12.4 Å². The van der Waals surface area contributed by atoms with Crippen molar-refractivity contribution in [3.05, 3.63) is 42.2 Å². The van der Waals surface area contributed by atoms with E-state index in [1.807, 2.05) is 45.9 Å². The minimum Gasteiger partial charge on any atom is -0.487 e. The highest BCUT2D eigenvalue weighted by atomic mass is 16.5. The van der Waals surface area contributed by atoms with Gasteiger partial charge < -0.3 is 19.5 Å². The van der Waals surface area contributed by atoms with Crippen molar-refractivity contribution in [1.82, 2.24) is 4.98 Å². The summed E-state index contributed by atoms with van der Waals surface area (Å²) in [6.45, 7) is 7.84. The summed E-state index contributed by atoms with van der Waals surface area (Å²) in [5.41, 5.74) is 1.73. The van der Waals surface area contributed by atoms with Gasteiger partial charge in [0.25, 0.3) is 0 Å². The summed E-state index contributed by atoms with van der Waals surface area (Å²) in [6, 6.07) is 7.28. The van der Waals surface area contributed by atoms with Gasteiger partial charge in [-0.1, -0.05) is 0 Å². The number of nitrogens with one attached hydrogen (secondary N) is 1. The average molecular weight is 344 g/mol. The Bertz CT molecular complexity index is 729. The van der Waals surface area contributed by atoms with Crippen LogP contribution in [-0.4, -0.2) is 30.3 Å². The first-order valence-corrected chi connectivity index (χ1v) is 8.17. The summed E-state index contributed by atoms with van der Waals surface area (Å²) >= 11 is 0. The van der Waals surface area contributed by atoms with Crippen molar-refractivity contribution in [1.29, 1.82) is 0 Å². The SMILES string of the molecule is COC(=O)c1cnccc1Nc1ccc(OC(C)C)c(OC(C)C)c1. The molecule has 6 heteroatoms. The van der Waals surface area contributed by atoms with E-state index in [0.717, 1.165) is 5.69 Å². The van der Waals surface area contributed by atoms with Crippen LogP contribution in [0.1, 0.15) is 38.1 Å². The van der Waals surface area contributed by atoms with Crippen molar-refractivity contribution in [2.45, 2.75) is 39.9 Å². The molecule has 0 saturated carbocycles. The van der Waals surface area contributed by atoms with Gasteiger partial charge in [-0.05, 0) is 45.9 Å². The Morgan fingerprint density at radius 3 is 2.36 bits per heavy atom. The molecule has 1 N–H and O–H groups in total. The summed E-state index contributed by atoms with van der Waals surface area (Å²) in [7, 11) is 1.34. The number of aromatic nitrogens is 1. The molecule has 0 bridgehead atoms. The molecule has 0 aliphatic carbocycles. The van der Waals surface area contributed by atoms with Crippen LogP contribution in [0.2, 0.25) is 0 Å². The van der Waals surface area contributed by atoms with Gasteiger partial charge in [-0.25, -0.2) is 4.79 Å². The molecule has 0 aliphatic rings. The van der Waals surface area contributed by atoms with E-state index in [0.29, 0.717) is 22.7 Å². The van der Waals surface area contributed by atoms with Gasteiger partial charge in [0.1, 0.15) is 5.56 Å². The van der Waals surface area contributed by atoms with Crippen molar-refractivity contribution in [3.8, 4) is 11.5 Å². The molecule has 0 spiro atoms. The first kappa shape index (κ1) is 18.6. The quantitative estimate of drug-likeness (QED) is 0.760. The number of ether oxygens (including phenoxy) is 3. The van der Waals surface area contributed by atoms with E-state index < -0.39 is 5.97 Å². The molecule has 25 heavy (non-hydrogen) atoms. The number of hydrogen-bond donors (Lipinski definition) is 1. The molecule has 6 nitrogen and oxygen atoms in total. The summed E-state index contributed by atoms with van der Waals surface area (Å²) in [5.74, 6) is 0.869. The van der Waals surface area contributed by atoms with Gasteiger partial charge in [-0.2, -0.15) is 0 Å². The molecule has 0 amide bonds. The Labute approximate surface area is 148 Å². The van der Waals surface area contributed by atoms with Crippen molar-refractivity contribution in [3.63, 3.8) is 0 Å². The number of carbonyl (C=O) groups is 1. The molecular formula is C19H24N2O4. The van der Waals surface area contributed by atoms with Crippen LogP contribution in [0.4, 0.5) is 11.4 Å². The third-order valence-electron chi connectivity index (χ3n) is 3.17. The van der Waals surface area contributed by atoms with Crippen LogP contribution >= 0.6 is 0 Å².